The van der Waals surface area contributed by atoms with E-state index in [1.54, 1.807) is 0 Å². The Morgan fingerprint density at radius 3 is 3.00 bits per heavy atom. The molecule has 25 heavy (non-hydrogen) atoms. The van der Waals surface area contributed by atoms with E-state index in [0.29, 0.717) is 6.54 Å². The van der Waals surface area contributed by atoms with Gasteiger partial charge in [-0.05, 0) is 30.7 Å². The first-order valence-electron chi connectivity index (χ1n) is 9.03. The maximum absolute atomic E-state index is 5.46. The largest absolute Gasteiger partial charge is 0.379 e. The van der Waals surface area contributed by atoms with Crippen LogP contribution in [0.2, 0.25) is 0 Å². The van der Waals surface area contributed by atoms with Gasteiger partial charge in [-0.2, -0.15) is 0 Å². The molecular weight excluding hydrogens is 332 g/mol. The van der Waals surface area contributed by atoms with Gasteiger partial charge in [0.25, 0.3) is 0 Å². The maximum atomic E-state index is 5.46. The molecule has 0 bridgehead atoms. The quantitative estimate of drug-likeness (QED) is 0.854. The number of ether oxygens (including phenoxy) is 1. The molecule has 4 rings (SSSR count). The van der Waals surface area contributed by atoms with Gasteiger partial charge >= 0.3 is 0 Å². The molecule has 1 aliphatic heterocycles. The Morgan fingerprint density at radius 2 is 2.20 bits per heavy atom. The molecule has 1 atom stereocenters. The lowest BCUT2D eigenvalue weighted by Crippen LogP contribution is -2.36. The lowest BCUT2D eigenvalue weighted by molar-refractivity contribution is 0.0331. The summed E-state index contributed by atoms with van der Waals surface area (Å²) in [6, 6.07) is 0. The highest BCUT2D eigenvalue weighted by molar-refractivity contribution is 7.19. The van der Waals surface area contributed by atoms with Crippen molar-refractivity contribution in [3.8, 4) is 12.3 Å². The molecule has 6 heteroatoms. The standard InChI is InChI=1S/C19H24N4OS/c1-3-6-20-18-17-14-5-4-13(2)11-15(14)25-19(17)22-16(21-18)12-23-7-9-24-10-8-23/h1,13H,4-12H2,2H3,(H,20,21,22)/t13-/m0/s1. The van der Waals surface area contributed by atoms with Crippen molar-refractivity contribution in [2.24, 2.45) is 5.92 Å². The summed E-state index contributed by atoms with van der Waals surface area (Å²) in [5, 5.41) is 4.54. The molecule has 2 aliphatic rings. The summed E-state index contributed by atoms with van der Waals surface area (Å²) in [7, 11) is 0. The first kappa shape index (κ1) is 16.8. The van der Waals surface area contributed by atoms with E-state index >= 15 is 0 Å². The summed E-state index contributed by atoms with van der Waals surface area (Å²) < 4.78 is 5.43. The van der Waals surface area contributed by atoms with E-state index in [4.69, 9.17) is 21.1 Å². The molecule has 1 aliphatic carbocycles. The summed E-state index contributed by atoms with van der Waals surface area (Å²) in [6.45, 7) is 7.04. The number of hydrogen-bond acceptors (Lipinski definition) is 6. The minimum Gasteiger partial charge on any atom is -0.379 e. The third-order valence-corrected chi connectivity index (χ3v) is 6.18. The average Bonchev–Trinajstić information content (AvgIpc) is 2.97. The number of nitrogens with one attached hydrogen (secondary N) is 1. The minimum atomic E-state index is 0.490. The van der Waals surface area contributed by atoms with Crippen LogP contribution in [0.1, 0.15) is 29.6 Å². The normalized spacial score (nSPS) is 21.0. The highest BCUT2D eigenvalue weighted by Gasteiger charge is 2.24. The van der Waals surface area contributed by atoms with E-state index in [9.17, 15) is 0 Å². The van der Waals surface area contributed by atoms with Crippen LogP contribution >= 0.6 is 11.3 Å². The lowest BCUT2D eigenvalue weighted by Gasteiger charge is -2.25. The van der Waals surface area contributed by atoms with Gasteiger partial charge in [0.1, 0.15) is 16.5 Å². The molecule has 1 N–H and O–H groups in total. The van der Waals surface area contributed by atoms with E-state index in [0.717, 1.165) is 68.1 Å². The zero-order chi connectivity index (χ0) is 17.2. The molecule has 5 nitrogen and oxygen atoms in total. The molecule has 1 saturated heterocycles. The first-order chi connectivity index (χ1) is 12.2. The van der Waals surface area contributed by atoms with Crippen LogP contribution in [0.15, 0.2) is 0 Å². The van der Waals surface area contributed by atoms with Gasteiger partial charge in [0.05, 0.1) is 31.7 Å². The third kappa shape index (κ3) is 3.50. The number of aromatic nitrogens is 2. The van der Waals surface area contributed by atoms with Gasteiger partial charge in [0.15, 0.2) is 0 Å². The molecule has 0 unspecified atom stereocenters. The van der Waals surface area contributed by atoms with Crippen LogP contribution in [0.3, 0.4) is 0 Å². The fourth-order valence-corrected chi connectivity index (χ4v) is 5.08. The van der Waals surface area contributed by atoms with Gasteiger partial charge in [0.2, 0.25) is 0 Å². The van der Waals surface area contributed by atoms with Gasteiger partial charge in [-0.15, -0.1) is 17.8 Å². The summed E-state index contributed by atoms with van der Waals surface area (Å²) in [5.41, 5.74) is 1.44. The molecular formula is C19H24N4OS. The van der Waals surface area contributed by atoms with E-state index < -0.39 is 0 Å². The fraction of sp³-hybridized carbons (Fsp3) is 0.579. The third-order valence-electron chi connectivity index (χ3n) is 5.03. The molecule has 1 fully saturated rings. The van der Waals surface area contributed by atoms with Gasteiger partial charge < -0.3 is 10.1 Å². The molecule has 0 radical (unpaired) electrons. The first-order valence-corrected chi connectivity index (χ1v) is 9.85. The van der Waals surface area contributed by atoms with Crippen molar-refractivity contribution in [1.29, 1.82) is 0 Å². The van der Waals surface area contributed by atoms with Crippen molar-refractivity contribution in [3.05, 3.63) is 16.3 Å². The van der Waals surface area contributed by atoms with E-state index in [2.05, 4.69) is 23.1 Å². The fourth-order valence-electron chi connectivity index (χ4n) is 3.68. The molecule has 2 aromatic rings. The van der Waals surface area contributed by atoms with Crippen molar-refractivity contribution >= 4 is 27.4 Å². The number of terminal acetylenes is 1. The summed E-state index contributed by atoms with van der Waals surface area (Å²) in [6.07, 6.45) is 8.98. The second-order valence-electron chi connectivity index (χ2n) is 6.97. The Hall–Kier alpha value is -1.68. The Balaban J connectivity index is 1.71. The van der Waals surface area contributed by atoms with Gasteiger partial charge in [0, 0.05) is 18.0 Å². The zero-order valence-electron chi connectivity index (χ0n) is 14.7. The SMILES string of the molecule is C#CCNc1nc(CN2CCOCC2)nc2sc3c(c12)CC[C@H](C)C3. The van der Waals surface area contributed by atoms with Crippen molar-refractivity contribution < 1.29 is 4.74 Å². The molecule has 0 amide bonds. The van der Waals surface area contributed by atoms with E-state index in [1.807, 2.05) is 11.3 Å². The number of nitrogens with zero attached hydrogens (tertiary/aromatic N) is 3. The molecule has 0 saturated carbocycles. The summed E-state index contributed by atoms with van der Waals surface area (Å²) in [5.74, 6) is 5.21. The lowest BCUT2D eigenvalue weighted by atomic mass is 9.89. The Labute approximate surface area is 152 Å². The minimum absolute atomic E-state index is 0.490. The summed E-state index contributed by atoms with van der Waals surface area (Å²) >= 11 is 1.84. The molecule has 3 heterocycles. The predicted octanol–water partition coefficient (Wildman–Crippen LogP) is 2.69. The number of thiophene rings is 1. The van der Waals surface area contributed by atoms with Crippen molar-refractivity contribution in [2.45, 2.75) is 32.7 Å². The number of rotatable bonds is 4. The van der Waals surface area contributed by atoms with Crippen LogP contribution in [0.4, 0.5) is 5.82 Å². The number of morpholine rings is 1. The van der Waals surface area contributed by atoms with Crippen LogP contribution in [0.5, 0.6) is 0 Å². The van der Waals surface area contributed by atoms with Crippen LogP contribution in [-0.4, -0.2) is 47.7 Å². The monoisotopic (exact) mass is 356 g/mol. The molecule has 132 valence electrons. The highest BCUT2D eigenvalue weighted by Crippen LogP contribution is 2.40. The smallest absolute Gasteiger partial charge is 0.146 e. The van der Waals surface area contributed by atoms with Crippen molar-refractivity contribution in [1.82, 2.24) is 14.9 Å². The van der Waals surface area contributed by atoms with Gasteiger partial charge in [-0.25, -0.2) is 9.97 Å². The number of fused-ring (bicyclic) bond motifs is 3. The number of aryl methyl sites for hydroxylation is 1. The molecule has 0 aromatic carbocycles. The Bertz CT molecular complexity index is 804. The van der Waals surface area contributed by atoms with Crippen LogP contribution in [-0.2, 0) is 24.1 Å². The second-order valence-corrected chi connectivity index (χ2v) is 8.05. The van der Waals surface area contributed by atoms with Gasteiger partial charge in [-0.1, -0.05) is 12.8 Å². The Morgan fingerprint density at radius 1 is 1.36 bits per heavy atom. The van der Waals surface area contributed by atoms with Gasteiger partial charge in [-0.3, -0.25) is 4.90 Å². The second kappa shape index (κ2) is 7.28. The molecule has 0 spiro atoms. The zero-order valence-corrected chi connectivity index (χ0v) is 15.5. The van der Waals surface area contributed by atoms with Crippen molar-refractivity contribution in [3.63, 3.8) is 0 Å². The number of hydrogen-bond donors (Lipinski definition) is 1. The van der Waals surface area contributed by atoms with Crippen LogP contribution in [0.25, 0.3) is 10.2 Å². The predicted molar refractivity (Wildman–Crippen MR) is 102 cm³/mol. The van der Waals surface area contributed by atoms with E-state index in [-0.39, 0.29) is 0 Å². The van der Waals surface area contributed by atoms with Crippen molar-refractivity contribution in [2.75, 3.05) is 38.2 Å². The van der Waals surface area contributed by atoms with E-state index in [1.165, 1.54) is 22.2 Å². The Kier molecular flexibility index (Phi) is 4.89. The summed E-state index contributed by atoms with van der Waals surface area (Å²) in [4.78, 5) is 14.7. The van der Waals surface area contributed by atoms with Crippen LogP contribution < -0.4 is 5.32 Å². The molecule has 2 aromatic heterocycles. The highest BCUT2D eigenvalue weighted by atomic mass is 32.1. The topological polar surface area (TPSA) is 50.3 Å². The maximum Gasteiger partial charge on any atom is 0.146 e. The average molecular weight is 356 g/mol. The number of anilines is 1. The van der Waals surface area contributed by atoms with Crippen LogP contribution in [0, 0.1) is 18.3 Å².